The number of hydrogen-bond donors (Lipinski definition) is 1. The van der Waals surface area contributed by atoms with Crippen LogP contribution in [-0.2, 0) is 14.8 Å². The van der Waals surface area contributed by atoms with Gasteiger partial charge < -0.3 is 5.32 Å². The monoisotopic (exact) mass is 402 g/mol. The maximum absolute atomic E-state index is 12.2. The number of nitrogens with one attached hydrogen (secondary N) is 1. The van der Waals surface area contributed by atoms with Gasteiger partial charge in [0.05, 0.1) is 11.9 Å². The number of sulfonamides is 1. The molecular weight excluding hydrogens is 372 g/mol. The zero-order chi connectivity index (χ0) is 20.7. The topological polar surface area (TPSA) is 66.5 Å². The third-order valence-electron chi connectivity index (χ3n) is 4.63. The summed E-state index contributed by atoms with van der Waals surface area (Å²) < 4.78 is 25.8. The quantitative estimate of drug-likeness (QED) is 0.694. The summed E-state index contributed by atoms with van der Waals surface area (Å²) in [4.78, 5) is 12.2. The first-order chi connectivity index (χ1) is 13.2. The maximum atomic E-state index is 12.2. The molecule has 0 spiro atoms. The molecule has 0 aliphatic rings. The molecule has 0 bridgehead atoms. The highest BCUT2D eigenvalue weighted by Crippen LogP contribution is 2.22. The van der Waals surface area contributed by atoms with Crippen molar-refractivity contribution < 1.29 is 13.2 Å². The van der Waals surface area contributed by atoms with Crippen LogP contribution in [0.25, 0.3) is 0 Å². The third-order valence-corrected chi connectivity index (χ3v) is 5.83. The molecule has 0 fully saturated rings. The lowest BCUT2D eigenvalue weighted by Crippen LogP contribution is -2.32. The zero-order valence-electron chi connectivity index (χ0n) is 17.1. The molecule has 28 heavy (non-hydrogen) atoms. The van der Waals surface area contributed by atoms with Crippen molar-refractivity contribution in [3.05, 3.63) is 65.2 Å². The number of hydrogen-bond acceptors (Lipinski definition) is 3. The number of nitrogens with zero attached hydrogens (tertiary/aromatic N) is 1. The molecule has 1 amide bonds. The van der Waals surface area contributed by atoms with Crippen LogP contribution in [0, 0.1) is 13.8 Å². The molecule has 2 aromatic carbocycles. The molecule has 0 aromatic heterocycles. The van der Waals surface area contributed by atoms with Crippen molar-refractivity contribution in [3.63, 3.8) is 0 Å². The molecule has 1 N–H and O–H groups in total. The maximum Gasteiger partial charge on any atom is 0.232 e. The molecule has 0 saturated carbocycles. The predicted molar refractivity (Wildman–Crippen MR) is 115 cm³/mol. The van der Waals surface area contributed by atoms with Gasteiger partial charge in [-0.05, 0) is 55.0 Å². The minimum Gasteiger partial charge on any atom is -0.356 e. The van der Waals surface area contributed by atoms with Gasteiger partial charge in [0.2, 0.25) is 15.9 Å². The smallest absolute Gasteiger partial charge is 0.232 e. The van der Waals surface area contributed by atoms with Gasteiger partial charge in [0.25, 0.3) is 0 Å². The molecule has 2 aromatic rings. The molecule has 5 nitrogen and oxygen atoms in total. The van der Waals surface area contributed by atoms with Gasteiger partial charge in [0, 0.05) is 19.5 Å². The number of carbonyl (C=O) groups excluding carboxylic acids is 1. The molecule has 1 atom stereocenters. The van der Waals surface area contributed by atoms with Crippen LogP contribution < -0.4 is 9.62 Å². The van der Waals surface area contributed by atoms with Crippen molar-refractivity contribution >= 4 is 21.6 Å². The zero-order valence-corrected chi connectivity index (χ0v) is 17.9. The Hall–Kier alpha value is -2.34. The van der Waals surface area contributed by atoms with E-state index >= 15 is 0 Å². The molecule has 6 heteroatoms. The Morgan fingerprint density at radius 2 is 1.68 bits per heavy atom. The lowest BCUT2D eigenvalue weighted by molar-refractivity contribution is -0.121. The number of rotatable bonds is 9. The van der Waals surface area contributed by atoms with Crippen LogP contribution in [0.3, 0.4) is 0 Å². The second-order valence-electron chi connectivity index (χ2n) is 7.40. The number of anilines is 1. The Morgan fingerprint density at radius 3 is 2.25 bits per heavy atom. The van der Waals surface area contributed by atoms with E-state index in [1.165, 1.54) is 16.1 Å². The normalized spacial score (nSPS) is 12.4. The Morgan fingerprint density at radius 1 is 1.07 bits per heavy atom. The number of benzene rings is 2. The average molecular weight is 403 g/mol. The van der Waals surface area contributed by atoms with Gasteiger partial charge >= 0.3 is 0 Å². The molecule has 2 rings (SSSR count). The predicted octanol–water partition coefficient (Wildman–Crippen LogP) is 3.77. The number of aryl methyl sites for hydroxylation is 2. The van der Waals surface area contributed by atoms with Crippen LogP contribution in [0.15, 0.2) is 48.5 Å². The van der Waals surface area contributed by atoms with Crippen LogP contribution in [0.5, 0.6) is 0 Å². The first kappa shape index (κ1) is 22.0. The fourth-order valence-corrected chi connectivity index (χ4v) is 4.17. The van der Waals surface area contributed by atoms with Crippen molar-refractivity contribution in [2.24, 2.45) is 0 Å². The summed E-state index contributed by atoms with van der Waals surface area (Å²) in [5.74, 6) is 0.171. The lowest BCUT2D eigenvalue weighted by atomic mass is 10.0. The van der Waals surface area contributed by atoms with Crippen LogP contribution in [0.2, 0.25) is 0 Å². The second kappa shape index (κ2) is 9.73. The van der Waals surface area contributed by atoms with Crippen molar-refractivity contribution in [1.82, 2.24) is 5.32 Å². The molecule has 152 valence electrons. The van der Waals surface area contributed by atoms with Crippen molar-refractivity contribution in [2.45, 2.75) is 39.5 Å². The minimum atomic E-state index is -3.41. The van der Waals surface area contributed by atoms with Gasteiger partial charge in [-0.3, -0.25) is 9.10 Å². The molecule has 0 aliphatic carbocycles. The summed E-state index contributed by atoms with van der Waals surface area (Å²) in [6.07, 6.45) is 1.95. The highest BCUT2D eigenvalue weighted by molar-refractivity contribution is 7.92. The Kier molecular flexibility index (Phi) is 7.63. The summed E-state index contributed by atoms with van der Waals surface area (Å²) in [5.41, 5.74) is 3.85. The van der Waals surface area contributed by atoms with E-state index < -0.39 is 10.0 Å². The van der Waals surface area contributed by atoms with Crippen LogP contribution >= 0.6 is 0 Å². The molecule has 0 saturated heterocycles. The summed E-state index contributed by atoms with van der Waals surface area (Å²) in [5, 5.41) is 2.94. The Balaban J connectivity index is 1.89. The Bertz CT molecular complexity index is 875. The SMILES string of the molecule is Cc1cc(C)cc(N(CCCC(=O)NC[C@@H](C)c2ccccc2)S(C)(=O)=O)c1. The van der Waals surface area contributed by atoms with Crippen molar-refractivity contribution in [1.29, 1.82) is 0 Å². The van der Waals surface area contributed by atoms with E-state index in [9.17, 15) is 13.2 Å². The first-order valence-electron chi connectivity index (χ1n) is 9.54. The fourth-order valence-electron chi connectivity index (χ4n) is 3.22. The van der Waals surface area contributed by atoms with E-state index in [2.05, 4.69) is 12.2 Å². The number of carbonyl (C=O) groups is 1. The summed E-state index contributed by atoms with van der Waals surface area (Å²) in [6.45, 7) is 6.80. The first-order valence-corrected chi connectivity index (χ1v) is 11.4. The summed E-state index contributed by atoms with van der Waals surface area (Å²) in [6, 6.07) is 15.8. The molecular formula is C22H30N2O3S. The summed E-state index contributed by atoms with van der Waals surface area (Å²) >= 11 is 0. The summed E-state index contributed by atoms with van der Waals surface area (Å²) in [7, 11) is -3.41. The number of amides is 1. The van der Waals surface area contributed by atoms with Crippen LogP contribution in [0.4, 0.5) is 5.69 Å². The van der Waals surface area contributed by atoms with Gasteiger partial charge in [-0.1, -0.05) is 43.3 Å². The van der Waals surface area contributed by atoms with Gasteiger partial charge in [-0.15, -0.1) is 0 Å². The van der Waals surface area contributed by atoms with E-state index in [0.717, 1.165) is 11.1 Å². The second-order valence-corrected chi connectivity index (χ2v) is 9.31. The van der Waals surface area contributed by atoms with Crippen LogP contribution in [0.1, 0.15) is 42.4 Å². The van der Waals surface area contributed by atoms with E-state index in [1.54, 1.807) is 0 Å². The minimum absolute atomic E-state index is 0.0587. The molecule has 0 heterocycles. The lowest BCUT2D eigenvalue weighted by Gasteiger charge is -2.23. The molecule has 0 aliphatic heterocycles. The van der Waals surface area contributed by atoms with Gasteiger partial charge in [-0.2, -0.15) is 0 Å². The standard InChI is InChI=1S/C22H30N2O3S/c1-17-13-18(2)15-21(14-17)24(28(4,26)27)12-8-11-22(25)23-16-19(3)20-9-6-5-7-10-20/h5-7,9-10,13-15,19H,8,11-12,16H2,1-4H3,(H,23,25)/t19-/m1/s1. The van der Waals surface area contributed by atoms with Gasteiger partial charge in [0.15, 0.2) is 0 Å². The van der Waals surface area contributed by atoms with Crippen molar-refractivity contribution in [3.8, 4) is 0 Å². The van der Waals surface area contributed by atoms with E-state index in [1.807, 2.05) is 62.4 Å². The van der Waals surface area contributed by atoms with E-state index in [4.69, 9.17) is 0 Å². The Labute approximate surface area is 168 Å². The van der Waals surface area contributed by atoms with Gasteiger partial charge in [0.1, 0.15) is 0 Å². The van der Waals surface area contributed by atoms with Crippen molar-refractivity contribution in [2.75, 3.05) is 23.7 Å². The van der Waals surface area contributed by atoms with Crippen LogP contribution in [-0.4, -0.2) is 33.7 Å². The average Bonchev–Trinajstić information content (AvgIpc) is 2.62. The fraction of sp³-hybridized carbons (Fsp3) is 0.409. The largest absolute Gasteiger partial charge is 0.356 e. The highest BCUT2D eigenvalue weighted by Gasteiger charge is 2.18. The van der Waals surface area contributed by atoms with E-state index in [-0.39, 0.29) is 18.4 Å². The third kappa shape index (κ3) is 6.68. The highest BCUT2D eigenvalue weighted by atomic mass is 32.2. The van der Waals surface area contributed by atoms with E-state index in [0.29, 0.717) is 25.1 Å². The molecule has 0 unspecified atom stereocenters. The molecule has 0 radical (unpaired) electrons. The van der Waals surface area contributed by atoms with Gasteiger partial charge in [-0.25, -0.2) is 8.42 Å².